The molecule has 2 amide bonds. The van der Waals surface area contributed by atoms with Crippen LogP contribution in [0.5, 0.6) is 5.75 Å². The summed E-state index contributed by atoms with van der Waals surface area (Å²) in [5.74, 6) is -9.59. The highest BCUT2D eigenvalue weighted by atomic mass is 16.5. The minimum absolute atomic E-state index is 0.00660. The van der Waals surface area contributed by atoms with E-state index in [1.807, 2.05) is 0 Å². The fourth-order valence-corrected chi connectivity index (χ4v) is 6.13. The molecule has 3 N–H and O–H groups in total. The number of hydrogen-bond donors (Lipinski definition) is 3. The van der Waals surface area contributed by atoms with Crippen LogP contribution in [0.25, 0.3) is 0 Å². The van der Waals surface area contributed by atoms with Crippen molar-refractivity contribution in [2.75, 3.05) is 31.6 Å². The molecule has 1 aromatic rings. The standard InChI is InChI=1S/C25H26N2O9/c1-11(28)17-16(29)10-14-9-13-8-12-2-3-15(26-24(34)27-4-6-36-7-5-27)20(30)18(12)21(31)19(13)23(33)25(14,35)22(17)32/h2-3,13-14,17,19,30,35H,4-10H2,1H3,(H,26,34)/t13-,14-,17?,19?,25+/m0/s1. The van der Waals surface area contributed by atoms with Crippen LogP contribution in [-0.2, 0) is 30.3 Å². The quantitative estimate of drug-likeness (QED) is 0.384. The summed E-state index contributed by atoms with van der Waals surface area (Å²) in [5, 5.41) is 24.8. The van der Waals surface area contributed by atoms with Crippen molar-refractivity contribution in [1.82, 2.24) is 4.90 Å². The average molecular weight is 498 g/mol. The molecule has 0 radical (unpaired) electrons. The van der Waals surface area contributed by atoms with E-state index >= 15 is 0 Å². The fourth-order valence-electron chi connectivity index (χ4n) is 6.13. The number of anilines is 1. The number of benzene rings is 1. The number of ether oxygens (including phenoxy) is 1. The predicted octanol–water partition coefficient (Wildman–Crippen LogP) is 0.295. The second-order valence-electron chi connectivity index (χ2n) is 9.97. The van der Waals surface area contributed by atoms with Gasteiger partial charge < -0.3 is 25.2 Å². The lowest BCUT2D eigenvalue weighted by atomic mass is 9.53. The summed E-state index contributed by atoms with van der Waals surface area (Å²) in [6.45, 7) is 2.55. The molecule has 3 fully saturated rings. The Kier molecular flexibility index (Phi) is 5.79. The van der Waals surface area contributed by atoms with Crippen molar-refractivity contribution >= 4 is 40.6 Å². The number of carbonyl (C=O) groups excluding carboxylic acids is 6. The molecule has 11 nitrogen and oxygen atoms in total. The molecule has 0 bridgehead atoms. The zero-order chi connectivity index (χ0) is 25.9. The highest BCUT2D eigenvalue weighted by Gasteiger charge is 2.65. The van der Waals surface area contributed by atoms with Crippen LogP contribution in [0, 0.1) is 23.7 Å². The molecule has 36 heavy (non-hydrogen) atoms. The van der Waals surface area contributed by atoms with Crippen LogP contribution in [0.3, 0.4) is 0 Å². The number of phenols is 1. The smallest absolute Gasteiger partial charge is 0.322 e. The molecule has 4 aliphatic rings. The van der Waals surface area contributed by atoms with Gasteiger partial charge in [-0.1, -0.05) is 6.07 Å². The van der Waals surface area contributed by atoms with Crippen molar-refractivity contribution in [3.63, 3.8) is 0 Å². The van der Waals surface area contributed by atoms with Crippen molar-refractivity contribution in [2.24, 2.45) is 23.7 Å². The number of aromatic hydroxyl groups is 1. The largest absolute Gasteiger partial charge is 0.505 e. The molecule has 0 spiro atoms. The molecular weight excluding hydrogens is 472 g/mol. The maximum Gasteiger partial charge on any atom is 0.322 e. The molecule has 5 atom stereocenters. The molecule has 190 valence electrons. The number of hydrogen-bond acceptors (Lipinski definition) is 9. The van der Waals surface area contributed by atoms with Gasteiger partial charge in [0.05, 0.1) is 30.4 Å². The highest BCUT2D eigenvalue weighted by molar-refractivity contribution is 6.31. The number of urea groups is 1. The van der Waals surface area contributed by atoms with Crippen LogP contribution in [0.4, 0.5) is 10.5 Å². The van der Waals surface area contributed by atoms with Gasteiger partial charge in [-0.15, -0.1) is 0 Å². The first-order chi connectivity index (χ1) is 17.1. The lowest BCUT2D eigenvalue weighted by molar-refractivity contribution is -0.175. The topological polar surface area (TPSA) is 167 Å². The normalized spacial score (nSPS) is 31.9. The monoisotopic (exact) mass is 498 g/mol. The lowest BCUT2D eigenvalue weighted by Crippen LogP contribution is -2.67. The third-order valence-electron chi connectivity index (χ3n) is 7.94. The van der Waals surface area contributed by atoms with E-state index in [-0.39, 0.29) is 30.5 Å². The Hall–Kier alpha value is -3.44. The molecule has 1 aromatic carbocycles. The van der Waals surface area contributed by atoms with Gasteiger partial charge in [0.15, 0.2) is 28.7 Å². The molecule has 1 aliphatic heterocycles. The summed E-state index contributed by atoms with van der Waals surface area (Å²) in [4.78, 5) is 78.6. The summed E-state index contributed by atoms with van der Waals surface area (Å²) < 4.78 is 5.22. The van der Waals surface area contributed by atoms with Crippen LogP contribution in [0.1, 0.15) is 35.7 Å². The number of carbonyl (C=O) groups is 6. The maximum absolute atomic E-state index is 13.5. The van der Waals surface area contributed by atoms with Crippen molar-refractivity contribution in [1.29, 1.82) is 0 Å². The molecule has 2 unspecified atom stereocenters. The van der Waals surface area contributed by atoms with Crippen LogP contribution in [-0.4, -0.2) is 82.0 Å². The van der Waals surface area contributed by atoms with Gasteiger partial charge in [-0.2, -0.15) is 0 Å². The van der Waals surface area contributed by atoms with Crippen LogP contribution in [0.15, 0.2) is 12.1 Å². The SMILES string of the molecule is CC(=O)C1C(=O)C[C@@H]2C[C@@H]3Cc4ccc(NC(=O)N5CCOCC5)c(O)c4C(=O)C3C(=O)[C@]2(O)C1=O. The third kappa shape index (κ3) is 3.48. The second kappa shape index (κ2) is 8.59. The highest BCUT2D eigenvalue weighted by Crippen LogP contribution is 2.50. The summed E-state index contributed by atoms with van der Waals surface area (Å²) in [5.41, 5.74) is -2.30. The number of nitrogens with zero attached hydrogens (tertiary/aromatic N) is 1. The molecule has 0 aromatic heterocycles. The van der Waals surface area contributed by atoms with Gasteiger partial charge >= 0.3 is 6.03 Å². The number of nitrogens with one attached hydrogen (secondary N) is 1. The van der Waals surface area contributed by atoms with E-state index < -0.39 is 70.0 Å². The third-order valence-corrected chi connectivity index (χ3v) is 7.94. The van der Waals surface area contributed by atoms with Crippen molar-refractivity contribution in [2.45, 2.75) is 31.8 Å². The summed E-state index contributed by atoms with van der Waals surface area (Å²) >= 11 is 0. The van der Waals surface area contributed by atoms with Crippen molar-refractivity contribution in [3.05, 3.63) is 23.3 Å². The molecule has 1 saturated heterocycles. The van der Waals surface area contributed by atoms with Crippen LogP contribution in [0.2, 0.25) is 0 Å². The van der Waals surface area contributed by atoms with Gasteiger partial charge in [0, 0.05) is 25.4 Å². The van der Waals surface area contributed by atoms with Crippen molar-refractivity contribution < 1.29 is 43.7 Å². The molecule has 11 heteroatoms. The minimum Gasteiger partial charge on any atom is -0.505 e. The molecule has 3 aliphatic carbocycles. The first kappa shape index (κ1) is 24.3. The number of phenolic OH excluding ortho intramolecular Hbond substituents is 1. The molecular formula is C25H26N2O9. The van der Waals surface area contributed by atoms with Gasteiger partial charge in [-0.05, 0) is 37.3 Å². The van der Waals surface area contributed by atoms with E-state index in [1.165, 1.54) is 11.0 Å². The first-order valence-electron chi connectivity index (χ1n) is 11.9. The number of fused-ring (bicyclic) bond motifs is 3. The zero-order valence-electron chi connectivity index (χ0n) is 19.6. The zero-order valence-corrected chi connectivity index (χ0v) is 19.6. The fraction of sp³-hybridized carbons (Fsp3) is 0.520. The predicted molar refractivity (Wildman–Crippen MR) is 121 cm³/mol. The number of rotatable bonds is 2. The molecule has 1 heterocycles. The second-order valence-corrected chi connectivity index (χ2v) is 9.97. The number of aliphatic hydroxyl groups is 1. The first-order valence-corrected chi connectivity index (χ1v) is 11.9. The average Bonchev–Trinajstić information content (AvgIpc) is 2.83. The van der Waals surface area contributed by atoms with Crippen molar-refractivity contribution in [3.8, 4) is 5.75 Å². The lowest BCUT2D eigenvalue weighted by Gasteiger charge is -2.48. The van der Waals surface area contributed by atoms with E-state index in [0.29, 0.717) is 31.9 Å². The summed E-state index contributed by atoms with van der Waals surface area (Å²) in [6, 6.07) is 2.59. The van der Waals surface area contributed by atoms with Gasteiger partial charge in [0.25, 0.3) is 0 Å². The number of amides is 2. The maximum atomic E-state index is 13.5. The van der Waals surface area contributed by atoms with Gasteiger partial charge in [0.1, 0.15) is 17.5 Å². The van der Waals surface area contributed by atoms with Gasteiger partial charge in [-0.25, -0.2) is 4.79 Å². The number of Topliss-reactive ketones (excluding diaryl/α,β-unsaturated/α-hetero) is 5. The molecule has 5 rings (SSSR count). The Labute approximate surface area is 205 Å². The van der Waals surface area contributed by atoms with E-state index in [0.717, 1.165) is 6.92 Å². The van der Waals surface area contributed by atoms with E-state index in [9.17, 15) is 39.0 Å². The van der Waals surface area contributed by atoms with E-state index in [2.05, 4.69) is 5.32 Å². The van der Waals surface area contributed by atoms with E-state index in [1.54, 1.807) is 6.07 Å². The summed E-state index contributed by atoms with van der Waals surface area (Å²) in [7, 11) is 0. The van der Waals surface area contributed by atoms with Crippen LogP contribution < -0.4 is 5.32 Å². The van der Waals surface area contributed by atoms with Gasteiger partial charge in [-0.3, -0.25) is 24.0 Å². The Balaban J connectivity index is 1.47. The molecule has 2 saturated carbocycles. The Morgan fingerprint density at radius 3 is 2.44 bits per heavy atom. The Bertz CT molecular complexity index is 1220. The number of ketones is 5. The Morgan fingerprint density at radius 2 is 1.78 bits per heavy atom. The minimum atomic E-state index is -2.61. The summed E-state index contributed by atoms with van der Waals surface area (Å²) in [6.07, 6.45) is -0.0371. The van der Waals surface area contributed by atoms with Gasteiger partial charge in [0.2, 0.25) is 0 Å². The van der Waals surface area contributed by atoms with E-state index in [4.69, 9.17) is 4.74 Å². The number of morpholine rings is 1. The van der Waals surface area contributed by atoms with Crippen LogP contribution >= 0.6 is 0 Å². The Morgan fingerprint density at radius 1 is 1.08 bits per heavy atom.